The Hall–Kier alpha value is -6.11. The molecular weight excluding hydrogens is 903 g/mol. The number of carbonyl (C=O) groups excluding carboxylic acids is 1. The van der Waals surface area contributed by atoms with Crippen LogP contribution >= 0.6 is 11.3 Å². The number of pyridine rings is 1. The number of nitro benzene ring substituents is 1. The molecule has 1 unspecified atom stereocenters. The summed E-state index contributed by atoms with van der Waals surface area (Å²) >= 11 is 1.85. The quantitative estimate of drug-likeness (QED) is 0.0656. The van der Waals surface area contributed by atoms with Crippen LogP contribution in [0.1, 0.15) is 73.7 Å². The first kappa shape index (κ1) is 47.0. The number of sulfonamides is 1. The van der Waals surface area contributed by atoms with Crippen LogP contribution in [0.15, 0.2) is 107 Å². The minimum Gasteiger partial charge on any atom is -0.455 e. The number of allylic oxidation sites excluding steroid dienone is 1. The van der Waals surface area contributed by atoms with Gasteiger partial charge in [0.05, 0.1) is 47.5 Å². The zero-order valence-corrected chi connectivity index (χ0v) is 40.4. The number of H-pyrrole nitrogens is 1. The fourth-order valence-corrected chi connectivity index (χ4v) is 11.3. The van der Waals surface area contributed by atoms with Gasteiger partial charge in [-0.15, -0.1) is 11.3 Å². The zero-order valence-electron chi connectivity index (χ0n) is 38.7. The fraction of sp³-hybridized carbons (Fsp3) is 0.373. The monoisotopic (exact) mass is 959 g/mol. The number of piperazine rings is 1. The number of fused-ring (bicyclic) bond motifs is 1. The number of thiophene rings is 1. The van der Waals surface area contributed by atoms with Crippen molar-refractivity contribution in [1.29, 1.82) is 0 Å². The molecule has 2 aliphatic heterocycles. The van der Waals surface area contributed by atoms with E-state index in [-0.39, 0.29) is 35.1 Å². The van der Waals surface area contributed by atoms with Crippen LogP contribution in [0.2, 0.25) is 0 Å². The highest BCUT2D eigenvalue weighted by molar-refractivity contribution is 7.90. The molecule has 15 nitrogen and oxygen atoms in total. The molecule has 0 spiro atoms. The van der Waals surface area contributed by atoms with Gasteiger partial charge in [0, 0.05) is 73.5 Å². The van der Waals surface area contributed by atoms with Gasteiger partial charge >= 0.3 is 0 Å². The molecule has 3 aliphatic rings. The lowest BCUT2D eigenvalue weighted by atomic mass is 9.73. The molecule has 3 aromatic carbocycles. The number of nitro groups is 1. The minimum atomic E-state index is -4.59. The van der Waals surface area contributed by atoms with Gasteiger partial charge in [-0.1, -0.05) is 57.5 Å². The van der Waals surface area contributed by atoms with Gasteiger partial charge < -0.3 is 29.4 Å². The van der Waals surface area contributed by atoms with Crippen LogP contribution in [0.3, 0.4) is 0 Å². The molecule has 3 N–H and O–H groups in total. The first-order valence-electron chi connectivity index (χ1n) is 23.1. The predicted molar refractivity (Wildman–Crippen MR) is 266 cm³/mol. The van der Waals surface area contributed by atoms with Crippen LogP contribution in [0, 0.1) is 15.5 Å². The molecule has 9 rings (SSSR count). The zero-order chi connectivity index (χ0) is 47.6. The summed E-state index contributed by atoms with van der Waals surface area (Å²) in [5.74, 6) is -0.0553. The van der Waals surface area contributed by atoms with E-state index in [0.29, 0.717) is 37.1 Å². The number of aromatic nitrogens is 2. The van der Waals surface area contributed by atoms with Gasteiger partial charge in [0.1, 0.15) is 22.8 Å². The highest BCUT2D eigenvalue weighted by Gasteiger charge is 2.31. The first-order valence-corrected chi connectivity index (χ1v) is 25.5. The summed E-state index contributed by atoms with van der Waals surface area (Å²) in [5.41, 5.74) is 8.23. The van der Waals surface area contributed by atoms with Crippen molar-refractivity contribution in [2.45, 2.75) is 63.9 Å². The number of amides is 1. The highest BCUT2D eigenvalue weighted by atomic mass is 32.2. The Morgan fingerprint density at radius 1 is 1.04 bits per heavy atom. The number of hydrogen-bond acceptors (Lipinski definition) is 13. The van der Waals surface area contributed by atoms with Gasteiger partial charge in [0.25, 0.3) is 21.6 Å². The second-order valence-corrected chi connectivity index (χ2v) is 21.4. The lowest BCUT2D eigenvalue weighted by Gasteiger charge is -2.39. The van der Waals surface area contributed by atoms with Crippen LogP contribution in [0.25, 0.3) is 27.7 Å². The molecule has 356 valence electrons. The van der Waals surface area contributed by atoms with Crippen LogP contribution in [0.4, 0.5) is 17.1 Å². The summed E-state index contributed by atoms with van der Waals surface area (Å²) in [6.07, 6.45) is 6.22. The summed E-state index contributed by atoms with van der Waals surface area (Å²) in [6, 6.07) is 23.3. The lowest BCUT2D eigenvalue weighted by Crippen LogP contribution is -2.47. The number of anilines is 2. The molecule has 68 heavy (non-hydrogen) atoms. The maximum atomic E-state index is 14.0. The molecule has 2 saturated heterocycles. The lowest BCUT2D eigenvalue weighted by molar-refractivity contribution is -0.384. The minimum absolute atomic E-state index is 0.0447. The van der Waals surface area contributed by atoms with Crippen LogP contribution in [0.5, 0.6) is 11.5 Å². The van der Waals surface area contributed by atoms with E-state index < -0.39 is 31.4 Å². The van der Waals surface area contributed by atoms with Gasteiger partial charge in [0.15, 0.2) is 0 Å². The Morgan fingerprint density at radius 2 is 1.87 bits per heavy atom. The smallest absolute Gasteiger partial charge is 0.293 e. The number of nitrogens with one attached hydrogen (secondary N) is 3. The number of ether oxygens (including phenoxy) is 3. The van der Waals surface area contributed by atoms with Crippen molar-refractivity contribution in [3.63, 3.8) is 0 Å². The van der Waals surface area contributed by atoms with Crippen LogP contribution in [-0.2, 0) is 19.5 Å². The van der Waals surface area contributed by atoms with Crippen molar-refractivity contribution >= 4 is 60.9 Å². The molecule has 5 heterocycles. The maximum absolute atomic E-state index is 14.0. The molecule has 3 aromatic heterocycles. The number of carbonyl (C=O) groups is 1. The van der Waals surface area contributed by atoms with E-state index >= 15 is 0 Å². The van der Waals surface area contributed by atoms with Gasteiger partial charge in [-0.3, -0.25) is 19.8 Å². The van der Waals surface area contributed by atoms with E-state index in [1.54, 1.807) is 30.5 Å². The van der Waals surface area contributed by atoms with E-state index in [1.165, 1.54) is 51.0 Å². The Labute approximate surface area is 400 Å². The summed E-state index contributed by atoms with van der Waals surface area (Å²) in [7, 11) is -4.59. The average molecular weight is 960 g/mol. The Kier molecular flexibility index (Phi) is 13.7. The third kappa shape index (κ3) is 10.6. The van der Waals surface area contributed by atoms with Crippen molar-refractivity contribution in [1.82, 2.24) is 19.6 Å². The van der Waals surface area contributed by atoms with Crippen molar-refractivity contribution < 1.29 is 32.3 Å². The second kappa shape index (κ2) is 19.9. The molecule has 1 aliphatic carbocycles. The van der Waals surface area contributed by atoms with Gasteiger partial charge in [-0.05, 0) is 101 Å². The largest absolute Gasteiger partial charge is 0.455 e. The molecule has 1 amide bonds. The van der Waals surface area contributed by atoms with Crippen LogP contribution < -0.4 is 19.7 Å². The molecule has 1 atom stereocenters. The SMILES string of the molecule is CC(C)c1ccccc1-c1csc(C2=C(CN3CCN(c4ccc(C(=O)NS(=O)(=O)c5ccc(NCC6COCCO6)c([N+](=O)[O-])c5)c(Oc5cnc6[nH]ccc6c5)c4)CC3)CCC(C)(C)C2)c1. The molecule has 0 saturated carbocycles. The summed E-state index contributed by atoms with van der Waals surface area (Å²) < 4.78 is 46.9. The summed E-state index contributed by atoms with van der Waals surface area (Å²) in [5, 5.41) is 18.2. The maximum Gasteiger partial charge on any atom is 0.293 e. The molecular formula is C51H57N7O8S2. The molecule has 0 radical (unpaired) electrons. The van der Waals surface area contributed by atoms with E-state index in [1.807, 2.05) is 17.4 Å². The third-order valence-corrected chi connectivity index (χ3v) is 15.4. The van der Waals surface area contributed by atoms with Crippen molar-refractivity contribution in [2.75, 3.05) is 69.3 Å². The van der Waals surface area contributed by atoms with Gasteiger partial charge in [-0.2, -0.15) is 0 Å². The fourth-order valence-electron chi connectivity index (χ4n) is 9.28. The number of hydrogen-bond donors (Lipinski definition) is 3. The van der Waals surface area contributed by atoms with Crippen LogP contribution in [-0.4, -0.2) is 99.3 Å². The topological polar surface area (TPSA) is 181 Å². The number of rotatable bonds is 15. The average Bonchev–Trinajstić information content (AvgIpc) is 4.02. The predicted octanol–water partition coefficient (Wildman–Crippen LogP) is 9.85. The molecule has 2 fully saturated rings. The van der Waals surface area contributed by atoms with Gasteiger partial charge in [-0.25, -0.2) is 18.1 Å². The standard InChI is InChI=1S/C51H57N7O8S2/c1-33(2)41-7-5-6-8-42(41)36-24-48(67-32-36)44-27-51(3,4)15-13-35(44)30-56-17-19-57(20-18-56)37-9-11-43(47(25-37)66-38-23-34-14-16-52-49(34)54-28-38)50(59)55-68(62,63)40-10-12-45(46(26-40)58(60)61)53-29-39-31-64-21-22-65-39/h5-12,14,16,23-26,28,32-33,39,53H,13,15,17-22,27,29-31H2,1-4H3,(H,52,54)(H,55,59). The number of nitrogens with zero attached hydrogens (tertiary/aromatic N) is 4. The van der Waals surface area contributed by atoms with E-state index in [2.05, 4.69) is 93.2 Å². The third-order valence-electron chi connectivity index (χ3n) is 13.0. The molecule has 6 aromatic rings. The van der Waals surface area contributed by atoms with Crippen molar-refractivity contribution in [3.8, 4) is 22.6 Å². The Balaban J connectivity index is 0.925. The Bertz CT molecular complexity index is 2970. The van der Waals surface area contributed by atoms with Gasteiger partial charge in [0.2, 0.25) is 0 Å². The van der Waals surface area contributed by atoms with Crippen molar-refractivity contribution in [2.24, 2.45) is 5.41 Å². The summed E-state index contributed by atoms with van der Waals surface area (Å²) in [6.45, 7) is 14.7. The van der Waals surface area contributed by atoms with E-state index in [0.717, 1.165) is 69.1 Å². The normalized spacial score (nSPS) is 18.0. The summed E-state index contributed by atoms with van der Waals surface area (Å²) in [4.78, 5) is 38.6. The molecule has 0 bridgehead atoms. The highest BCUT2D eigenvalue weighted by Crippen LogP contribution is 2.46. The second-order valence-electron chi connectivity index (χ2n) is 18.8. The Morgan fingerprint density at radius 3 is 2.65 bits per heavy atom. The number of aromatic amines is 1. The van der Waals surface area contributed by atoms with Crippen molar-refractivity contribution in [3.05, 3.63) is 128 Å². The van der Waals surface area contributed by atoms with E-state index in [9.17, 15) is 23.3 Å². The molecule has 17 heteroatoms. The first-order chi connectivity index (χ1) is 32.7. The van der Waals surface area contributed by atoms with E-state index in [4.69, 9.17) is 14.2 Å². The number of benzene rings is 3.